The number of nitrogens with two attached hydrogens (primary N) is 1. The Balaban J connectivity index is 2.12. The van der Waals surface area contributed by atoms with Gasteiger partial charge < -0.3 is 15.8 Å². The van der Waals surface area contributed by atoms with Gasteiger partial charge >= 0.3 is 0 Å². The second-order valence-electron chi connectivity index (χ2n) is 4.41. The summed E-state index contributed by atoms with van der Waals surface area (Å²) in [6.45, 7) is 4.25. The molecule has 20 heavy (non-hydrogen) atoms. The highest BCUT2D eigenvalue weighted by molar-refractivity contribution is 7.07. The van der Waals surface area contributed by atoms with Gasteiger partial charge in [-0.3, -0.25) is 0 Å². The van der Waals surface area contributed by atoms with E-state index in [4.69, 9.17) is 5.84 Å². The number of thiophene rings is 1. The number of nitrogens with zero attached hydrogens (tertiary/aromatic N) is 2. The van der Waals surface area contributed by atoms with Crippen LogP contribution in [0.2, 0.25) is 0 Å². The van der Waals surface area contributed by atoms with Gasteiger partial charge in [0.15, 0.2) is 0 Å². The first-order valence-electron chi connectivity index (χ1n) is 6.43. The fourth-order valence-electron chi connectivity index (χ4n) is 1.81. The molecule has 2 heterocycles. The van der Waals surface area contributed by atoms with Crippen LogP contribution in [0, 0.1) is 6.92 Å². The molecular formula is C13H19N5OS. The highest BCUT2D eigenvalue weighted by Crippen LogP contribution is 2.21. The predicted octanol–water partition coefficient (Wildman–Crippen LogP) is 1.84. The molecule has 0 bridgehead atoms. The quantitative estimate of drug-likeness (QED) is 0.479. The van der Waals surface area contributed by atoms with Crippen LogP contribution in [0.4, 0.5) is 11.6 Å². The van der Waals surface area contributed by atoms with E-state index in [9.17, 15) is 5.11 Å². The maximum absolute atomic E-state index is 10.1. The second-order valence-corrected chi connectivity index (χ2v) is 5.19. The molecule has 0 amide bonds. The van der Waals surface area contributed by atoms with Crippen LogP contribution >= 0.6 is 11.3 Å². The van der Waals surface area contributed by atoms with Gasteiger partial charge in [0.25, 0.3) is 0 Å². The first kappa shape index (κ1) is 14.7. The summed E-state index contributed by atoms with van der Waals surface area (Å²) in [6.07, 6.45) is 0.159. The molecule has 1 unspecified atom stereocenters. The standard InChI is InChI=1S/C13H19N5OS/c1-3-11-16-12(8(2)13(17-11)18-14)15-6-10(19)9-4-5-20-7-9/h4-5,7,10,19H,3,6,14H2,1-2H3,(H2,15,16,17,18). The van der Waals surface area contributed by atoms with Crippen molar-refractivity contribution in [2.24, 2.45) is 5.84 Å². The van der Waals surface area contributed by atoms with Crippen molar-refractivity contribution in [1.82, 2.24) is 9.97 Å². The first-order valence-corrected chi connectivity index (χ1v) is 7.38. The summed E-state index contributed by atoms with van der Waals surface area (Å²) in [4.78, 5) is 8.73. The third-order valence-electron chi connectivity index (χ3n) is 3.04. The van der Waals surface area contributed by atoms with E-state index in [1.165, 1.54) is 0 Å². The zero-order chi connectivity index (χ0) is 14.5. The molecular weight excluding hydrogens is 274 g/mol. The number of aliphatic hydroxyl groups excluding tert-OH is 1. The Morgan fingerprint density at radius 3 is 2.75 bits per heavy atom. The summed E-state index contributed by atoms with van der Waals surface area (Å²) in [7, 11) is 0. The Bertz CT molecular complexity index is 558. The number of aromatic nitrogens is 2. The molecule has 1 atom stereocenters. The molecule has 0 aliphatic carbocycles. The normalized spacial score (nSPS) is 12.2. The number of anilines is 2. The molecule has 2 aromatic heterocycles. The number of hydrazine groups is 1. The van der Waals surface area contributed by atoms with Crippen molar-refractivity contribution in [1.29, 1.82) is 0 Å². The van der Waals surface area contributed by atoms with Crippen molar-refractivity contribution in [2.45, 2.75) is 26.4 Å². The summed E-state index contributed by atoms with van der Waals surface area (Å²) in [5.74, 6) is 7.46. The van der Waals surface area contributed by atoms with Crippen LogP contribution < -0.4 is 16.6 Å². The fraction of sp³-hybridized carbons (Fsp3) is 0.385. The van der Waals surface area contributed by atoms with Gasteiger partial charge in [-0.05, 0) is 29.3 Å². The van der Waals surface area contributed by atoms with Gasteiger partial charge in [-0.15, -0.1) is 0 Å². The molecule has 0 saturated heterocycles. The minimum atomic E-state index is -0.560. The number of hydrogen-bond acceptors (Lipinski definition) is 7. The van der Waals surface area contributed by atoms with E-state index in [0.29, 0.717) is 24.0 Å². The number of nitrogen functional groups attached to an aromatic ring is 1. The summed E-state index contributed by atoms with van der Waals surface area (Å²) in [5, 5.41) is 17.1. The highest BCUT2D eigenvalue weighted by Gasteiger charge is 2.12. The smallest absolute Gasteiger partial charge is 0.148 e. The number of rotatable bonds is 6. The molecule has 108 valence electrons. The number of aliphatic hydroxyl groups is 1. The second kappa shape index (κ2) is 6.65. The van der Waals surface area contributed by atoms with Gasteiger partial charge in [0.1, 0.15) is 17.5 Å². The van der Waals surface area contributed by atoms with Crippen molar-refractivity contribution < 1.29 is 5.11 Å². The van der Waals surface area contributed by atoms with E-state index >= 15 is 0 Å². The molecule has 5 N–H and O–H groups in total. The van der Waals surface area contributed by atoms with Crippen molar-refractivity contribution in [3.8, 4) is 0 Å². The summed E-state index contributed by atoms with van der Waals surface area (Å²) >= 11 is 1.56. The maximum atomic E-state index is 10.1. The molecule has 0 saturated carbocycles. The first-order chi connectivity index (χ1) is 9.65. The lowest BCUT2D eigenvalue weighted by Crippen LogP contribution is -2.17. The summed E-state index contributed by atoms with van der Waals surface area (Å²) < 4.78 is 0. The summed E-state index contributed by atoms with van der Waals surface area (Å²) in [5.41, 5.74) is 4.31. The Morgan fingerprint density at radius 1 is 1.40 bits per heavy atom. The van der Waals surface area contributed by atoms with Gasteiger partial charge in [0, 0.05) is 18.5 Å². The van der Waals surface area contributed by atoms with E-state index in [2.05, 4.69) is 20.7 Å². The molecule has 0 aromatic carbocycles. The van der Waals surface area contributed by atoms with E-state index in [1.807, 2.05) is 30.7 Å². The summed E-state index contributed by atoms with van der Waals surface area (Å²) in [6, 6.07) is 1.91. The van der Waals surface area contributed by atoms with Crippen LogP contribution in [0.1, 0.15) is 30.0 Å². The largest absolute Gasteiger partial charge is 0.387 e. The molecule has 0 fully saturated rings. The average Bonchev–Trinajstić information content (AvgIpc) is 3.00. The van der Waals surface area contributed by atoms with E-state index in [1.54, 1.807) is 11.3 Å². The van der Waals surface area contributed by atoms with Crippen LogP contribution in [-0.4, -0.2) is 21.6 Å². The molecule has 7 heteroatoms. The van der Waals surface area contributed by atoms with Gasteiger partial charge in [-0.2, -0.15) is 11.3 Å². The predicted molar refractivity (Wildman–Crippen MR) is 81.7 cm³/mol. The fourth-order valence-corrected chi connectivity index (χ4v) is 2.52. The van der Waals surface area contributed by atoms with Gasteiger partial charge in [0.05, 0.1) is 6.10 Å². The third-order valence-corrected chi connectivity index (χ3v) is 3.74. The van der Waals surface area contributed by atoms with Crippen molar-refractivity contribution in [2.75, 3.05) is 17.3 Å². The molecule has 0 aliphatic heterocycles. The number of hydrogen-bond donors (Lipinski definition) is 4. The van der Waals surface area contributed by atoms with Crippen LogP contribution in [0.5, 0.6) is 0 Å². The molecule has 2 aromatic rings. The lowest BCUT2D eigenvalue weighted by atomic mass is 10.2. The SMILES string of the molecule is CCc1nc(NN)c(C)c(NCC(O)c2ccsc2)n1. The Kier molecular flexibility index (Phi) is 4.89. The molecule has 6 nitrogen and oxygen atoms in total. The Hall–Kier alpha value is -1.70. The maximum Gasteiger partial charge on any atom is 0.148 e. The van der Waals surface area contributed by atoms with E-state index in [0.717, 1.165) is 17.5 Å². The monoisotopic (exact) mass is 293 g/mol. The van der Waals surface area contributed by atoms with Crippen molar-refractivity contribution in [3.05, 3.63) is 33.8 Å². The topological polar surface area (TPSA) is 96.1 Å². The lowest BCUT2D eigenvalue weighted by Gasteiger charge is -2.15. The minimum absolute atomic E-state index is 0.391. The van der Waals surface area contributed by atoms with Crippen molar-refractivity contribution >= 4 is 23.0 Å². The zero-order valence-corrected chi connectivity index (χ0v) is 12.4. The molecule has 0 spiro atoms. The van der Waals surface area contributed by atoms with Gasteiger partial charge in [-0.25, -0.2) is 15.8 Å². The lowest BCUT2D eigenvalue weighted by molar-refractivity contribution is 0.192. The molecule has 0 radical (unpaired) electrons. The minimum Gasteiger partial charge on any atom is -0.387 e. The van der Waals surface area contributed by atoms with Crippen LogP contribution in [0.3, 0.4) is 0 Å². The van der Waals surface area contributed by atoms with Crippen molar-refractivity contribution in [3.63, 3.8) is 0 Å². The molecule has 0 aliphatic rings. The van der Waals surface area contributed by atoms with Gasteiger partial charge in [-0.1, -0.05) is 6.92 Å². The highest BCUT2D eigenvalue weighted by atomic mass is 32.1. The van der Waals surface area contributed by atoms with Gasteiger partial charge in [0.2, 0.25) is 0 Å². The van der Waals surface area contributed by atoms with Crippen LogP contribution in [0.15, 0.2) is 16.8 Å². The third kappa shape index (κ3) is 3.24. The molecule has 2 rings (SSSR count). The van der Waals surface area contributed by atoms with Crippen LogP contribution in [0.25, 0.3) is 0 Å². The van der Waals surface area contributed by atoms with Crippen LogP contribution in [-0.2, 0) is 6.42 Å². The van der Waals surface area contributed by atoms with E-state index in [-0.39, 0.29) is 0 Å². The zero-order valence-electron chi connectivity index (χ0n) is 11.6. The average molecular weight is 293 g/mol. The Morgan fingerprint density at radius 2 is 2.15 bits per heavy atom. The Labute approximate surface area is 122 Å². The number of aryl methyl sites for hydroxylation is 1. The van der Waals surface area contributed by atoms with E-state index < -0.39 is 6.10 Å². The number of nitrogens with one attached hydrogen (secondary N) is 2.